The zero-order valence-corrected chi connectivity index (χ0v) is 19.6. The number of hydrogen-bond donors (Lipinski definition) is 1. The van der Waals surface area contributed by atoms with Crippen LogP contribution in [0.25, 0.3) is 0 Å². The third-order valence-corrected chi connectivity index (χ3v) is 7.69. The van der Waals surface area contributed by atoms with Gasteiger partial charge >= 0.3 is 0 Å². The van der Waals surface area contributed by atoms with Crippen LogP contribution in [-0.4, -0.2) is 53.0 Å². The number of carbonyl (C=O) groups is 1. The summed E-state index contributed by atoms with van der Waals surface area (Å²) in [7, 11) is 0.883. The number of methoxy groups -OCH3 is 3. The first kappa shape index (κ1) is 23.9. The van der Waals surface area contributed by atoms with Crippen molar-refractivity contribution in [2.45, 2.75) is 30.7 Å². The molecule has 1 heterocycles. The molecule has 8 nitrogen and oxygen atoms in total. The molecule has 174 valence electrons. The van der Waals surface area contributed by atoms with E-state index in [1.54, 1.807) is 13.2 Å². The number of nitrogens with one attached hydrogen (secondary N) is 1. The molecule has 1 aliphatic heterocycles. The Bertz CT molecular complexity index is 1030. The average molecular weight is 463 g/mol. The molecule has 0 saturated carbocycles. The van der Waals surface area contributed by atoms with Crippen LogP contribution >= 0.6 is 0 Å². The first-order valence-electron chi connectivity index (χ1n) is 10.5. The van der Waals surface area contributed by atoms with Crippen LogP contribution in [0.2, 0.25) is 0 Å². The molecule has 1 amide bonds. The van der Waals surface area contributed by atoms with Gasteiger partial charge in [0.05, 0.1) is 32.3 Å². The Morgan fingerprint density at radius 2 is 1.59 bits per heavy atom. The highest BCUT2D eigenvalue weighted by Crippen LogP contribution is 2.32. The molecule has 32 heavy (non-hydrogen) atoms. The number of hydrogen-bond acceptors (Lipinski definition) is 6. The maximum Gasteiger partial charge on any atom is 0.243 e. The number of nitrogens with zero attached hydrogens (tertiary/aromatic N) is 1. The van der Waals surface area contributed by atoms with E-state index in [0.717, 1.165) is 11.3 Å². The van der Waals surface area contributed by atoms with Gasteiger partial charge in [-0.1, -0.05) is 12.1 Å². The molecule has 2 aromatic rings. The summed E-state index contributed by atoms with van der Waals surface area (Å²) in [6.45, 7) is 2.49. The van der Waals surface area contributed by atoms with Gasteiger partial charge in [0.2, 0.25) is 15.9 Å². The van der Waals surface area contributed by atoms with E-state index in [2.05, 4.69) is 5.32 Å². The van der Waals surface area contributed by atoms with E-state index in [4.69, 9.17) is 14.2 Å². The first-order chi connectivity index (χ1) is 15.3. The lowest BCUT2D eigenvalue weighted by molar-refractivity contribution is -0.126. The van der Waals surface area contributed by atoms with Crippen LogP contribution in [0.5, 0.6) is 17.2 Å². The maximum absolute atomic E-state index is 13.1. The second kappa shape index (κ2) is 10.2. The van der Waals surface area contributed by atoms with Gasteiger partial charge in [0.1, 0.15) is 5.75 Å². The number of ether oxygens (including phenoxy) is 3. The van der Waals surface area contributed by atoms with Crippen LogP contribution in [0.3, 0.4) is 0 Å². The monoisotopic (exact) mass is 462 g/mol. The van der Waals surface area contributed by atoms with E-state index in [1.165, 1.54) is 30.7 Å². The summed E-state index contributed by atoms with van der Waals surface area (Å²) in [5, 5.41) is 3.04. The minimum absolute atomic E-state index is 0.0588. The standard InChI is InChI=1S/C23H30N2O6S/c1-16(17-5-7-19(29-2)8-6-17)24-23(26)18-11-13-25(14-12-18)32(27,28)20-9-10-21(30-3)22(15-20)31-4/h5-10,15-16,18H,11-14H2,1-4H3,(H,24,26)/t16-/m1/s1. The third kappa shape index (κ3) is 5.16. The van der Waals surface area contributed by atoms with Gasteiger partial charge in [0, 0.05) is 25.1 Å². The molecule has 0 bridgehead atoms. The van der Waals surface area contributed by atoms with Crippen molar-refractivity contribution < 1.29 is 27.4 Å². The van der Waals surface area contributed by atoms with E-state index in [1.807, 2.05) is 31.2 Å². The molecule has 0 radical (unpaired) electrons. The van der Waals surface area contributed by atoms with E-state index < -0.39 is 10.0 Å². The van der Waals surface area contributed by atoms with Crippen molar-refractivity contribution in [3.63, 3.8) is 0 Å². The van der Waals surface area contributed by atoms with Gasteiger partial charge < -0.3 is 19.5 Å². The Labute approximate surface area is 189 Å². The predicted molar refractivity (Wildman–Crippen MR) is 121 cm³/mol. The van der Waals surface area contributed by atoms with Crippen LogP contribution in [0.15, 0.2) is 47.4 Å². The fraction of sp³-hybridized carbons (Fsp3) is 0.435. The van der Waals surface area contributed by atoms with Crippen LogP contribution in [-0.2, 0) is 14.8 Å². The van der Waals surface area contributed by atoms with Gasteiger partial charge in [0.25, 0.3) is 0 Å². The third-order valence-electron chi connectivity index (χ3n) is 5.79. The van der Waals surface area contributed by atoms with Crippen LogP contribution < -0.4 is 19.5 Å². The number of piperidine rings is 1. The molecule has 1 N–H and O–H groups in total. The summed E-state index contributed by atoms with van der Waals surface area (Å²) in [6.07, 6.45) is 0.932. The summed E-state index contributed by atoms with van der Waals surface area (Å²) in [5.41, 5.74) is 0.979. The highest BCUT2D eigenvalue weighted by atomic mass is 32.2. The number of rotatable bonds is 8. The van der Waals surface area contributed by atoms with Crippen molar-refractivity contribution in [1.29, 1.82) is 0 Å². The topological polar surface area (TPSA) is 94.2 Å². The lowest BCUT2D eigenvalue weighted by atomic mass is 9.96. The summed E-state index contributed by atoms with van der Waals surface area (Å²) < 4.78 is 43.1. The highest BCUT2D eigenvalue weighted by molar-refractivity contribution is 7.89. The van der Waals surface area contributed by atoms with Crippen molar-refractivity contribution in [2.75, 3.05) is 34.4 Å². The Kier molecular flexibility index (Phi) is 7.63. The molecule has 0 spiro atoms. The van der Waals surface area contributed by atoms with Crippen molar-refractivity contribution in [1.82, 2.24) is 9.62 Å². The van der Waals surface area contributed by atoms with E-state index in [9.17, 15) is 13.2 Å². The summed E-state index contributed by atoms with van der Waals surface area (Å²) in [5.74, 6) is 1.29. The molecule has 1 aliphatic rings. The molecule has 3 rings (SSSR count). The number of amides is 1. The average Bonchev–Trinajstić information content (AvgIpc) is 2.83. The van der Waals surface area contributed by atoms with Gasteiger partial charge in [-0.2, -0.15) is 4.31 Å². The van der Waals surface area contributed by atoms with Crippen LogP contribution in [0, 0.1) is 5.92 Å². The second-order valence-corrected chi connectivity index (χ2v) is 9.64. The smallest absolute Gasteiger partial charge is 0.243 e. The van der Waals surface area contributed by atoms with Gasteiger partial charge in [-0.05, 0) is 49.6 Å². The predicted octanol–water partition coefficient (Wildman–Crippen LogP) is 2.99. The normalized spacial score (nSPS) is 16.2. The molecule has 2 aromatic carbocycles. The molecule has 1 saturated heterocycles. The van der Waals surface area contributed by atoms with Gasteiger partial charge in [-0.25, -0.2) is 8.42 Å². The molecule has 1 atom stereocenters. The number of sulfonamides is 1. The van der Waals surface area contributed by atoms with Crippen LogP contribution in [0.4, 0.5) is 0 Å². The van der Waals surface area contributed by atoms with E-state index in [-0.39, 0.29) is 35.9 Å². The SMILES string of the molecule is COc1ccc([C@@H](C)NC(=O)C2CCN(S(=O)(=O)c3ccc(OC)c(OC)c3)CC2)cc1. The van der Waals surface area contributed by atoms with E-state index in [0.29, 0.717) is 24.3 Å². The Hall–Kier alpha value is -2.78. The van der Waals surface area contributed by atoms with E-state index >= 15 is 0 Å². The number of benzene rings is 2. The molecular formula is C23H30N2O6S. The highest BCUT2D eigenvalue weighted by Gasteiger charge is 2.33. The minimum Gasteiger partial charge on any atom is -0.497 e. The first-order valence-corrected chi connectivity index (χ1v) is 11.9. The van der Waals surface area contributed by atoms with Gasteiger partial charge in [-0.3, -0.25) is 4.79 Å². The van der Waals surface area contributed by atoms with Gasteiger partial charge in [-0.15, -0.1) is 0 Å². The Balaban J connectivity index is 1.60. The lowest BCUT2D eigenvalue weighted by Crippen LogP contribution is -2.43. The molecular weight excluding hydrogens is 432 g/mol. The van der Waals surface area contributed by atoms with Crippen molar-refractivity contribution in [2.24, 2.45) is 5.92 Å². The van der Waals surface area contributed by atoms with Gasteiger partial charge in [0.15, 0.2) is 11.5 Å². The minimum atomic E-state index is -3.69. The van der Waals surface area contributed by atoms with Crippen LogP contribution in [0.1, 0.15) is 31.4 Å². The van der Waals surface area contributed by atoms with Crippen molar-refractivity contribution >= 4 is 15.9 Å². The summed E-state index contributed by atoms with van der Waals surface area (Å²) in [6, 6.07) is 11.9. The quantitative estimate of drug-likeness (QED) is 0.648. The second-order valence-electron chi connectivity index (χ2n) is 7.70. The van der Waals surface area contributed by atoms with Crippen molar-refractivity contribution in [3.8, 4) is 17.2 Å². The summed E-state index contributed by atoms with van der Waals surface area (Å²) >= 11 is 0. The molecule has 0 aliphatic carbocycles. The Morgan fingerprint density at radius 1 is 0.969 bits per heavy atom. The Morgan fingerprint density at radius 3 is 2.16 bits per heavy atom. The molecule has 0 aromatic heterocycles. The number of carbonyl (C=O) groups excluding carboxylic acids is 1. The van der Waals surface area contributed by atoms with Crippen molar-refractivity contribution in [3.05, 3.63) is 48.0 Å². The zero-order chi connectivity index (χ0) is 23.3. The molecule has 0 unspecified atom stereocenters. The maximum atomic E-state index is 13.1. The zero-order valence-electron chi connectivity index (χ0n) is 18.8. The summed E-state index contributed by atoms with van der Waals surface area (Å²) in [4.78, 5) is 12.9. The molecule has 9 heteroatoms. The fourth-order valence-electron chi connectivity index (χ4n) is 3.79. The molecule has 1 fully saturated rings. The lowest BCUT2D eigenvalue weighted by Gasteiger charge is -2.31. The fourth-order valence-corrected chi connectivity index (χ4v) is 5.28. The largest absolute Gasteiger partial charge is 0.497 e.